The Kier molecular flexibility index (Phi) is 2.16. The molecule has 2 aliphatic carbocycles. The molecular formula is C11H21N. The first kappa shape index (κ1) is 8.55. The molecule has 1 nitrogen and oxygen atoms in total. The van der Waals surface area contributed by atoms with Crippen molar-refractivity contribution in [2.75, 3.05) is 6.54 Å². The van der Waals surface area contributed by atoms with Crippen LogP contribution in [0.5, 0.6) is 0 Å². The molecular weight excluding hydrogens is 146 g/mol. The van der Waals surface area contributed by atoms with Gasteiger partial charge < -0.3 is 5.73 Å². The Morgan fingerprint density at radius 1 is 1.25 bits per heavy atom. The van der Waals surface area contributed by atoms with Gasteiger partial charge in [-0.1, -0.05) is 13.3 Å². The van der Waals surface area contributed by atoms with E-state index in [4.69, 9.17) is 5.73 Å². The van der Waals surface area contributed by atoms with E-state index >= 15 is 0 Å². The first-order valence-electron chi connectivity index (χ1n) is 5.48. The SMILES string of the molecule is CCC1CC(CN)CC2(CC2)C1. The summed E-state index contributed by atoms with van der Waals surface area (Å²) >= 11 is 0. The predicted octanol–water partition coefficient (Wildman–Crippen LogP) is 2.55. The second-order valence-electron chi connectivity index (χ2n) is 5.02. The van der Waals surface area contributed by atoms with Gasteiger partial charge in [-0.3, -0.25) is 0 Å². The molecule has 2 rings (SSSR count). The summed E-state index contributed by atoms with van der Waals surface area (Å²) in [6.45, 7) is 3.26. The van der Waals surface area contributed by atoms with Crippen LogP contribution in [-0.2, 0) is 0 Å². The van der Waals surface area contributed by atoms with Crippen LogP contribution in [0.4, 0.5) is 0 Å². The van der Waals surface area contributed by atoms with Crippen LogP contribution in [0.2, 0.25) is 0 Å². The highest BCUT2D eigenvalue weighted by molar-refractivity contribution is 4.99. The Morgan fingerprint density at radius 2 is 1.92 bits per heavy atom. The van der Waals surface area contributed by atoms with Crippen molar-refractivity contribution in [1.82, 2.24) is 0 Å². The molecule has 0 saturated heterocycles. The fourth-order valence-corrected chi connectivity index (χ4v) is 3.02. The van der Waals surface area contributed by atoms with E-state index in [2.05, 4.69) is 6.92 Å². The van der Waals surface area contributed by atoms with Crippen molar-refractivity contribution in [3.63, 3.8) is 0 Å². The average molecular weight is 167 g/mol. The number of hydrogen-bond acceptors (Lipinski definition) is 1. The first-order chi connectivity index (χ1) is 5.78. The molecule has 0 radical (unpaired) electrons. The van der Waals surface area contributed by atoms with Crippen LogP contribution in [0.15, 0.2) is 0 Å². The van der Waals surface area contributed by atoms with Gasteiger partial charge >= 0.3 is 0 Å². The van der Waals surface area contributed by atoms with Crippen LogP contribution in [0.25, 0.3) is 0 Å². The molecule has 0 aromatic heterocycles. The van der Waals surface area contributed by atoms with Gasteiger partial charge in [-0.05, 0) is 55.9 Å². The highest BCUT2D eigenvalue weighted by atomic mass is 14.6. The van der Waals surface area contributed by atoms with Gasteiger partial charge in [0.25, 0.3) is 0 Å². The van der Waals surface area contributed by atoms with E-state index in [0.717, 1.165) is 23.8 Å². The molecule has 0 heterocycles. The Bertz CT molecular complexity index is 146. The van der Waals surface area contributed by atoms with Gasteiger partial charge in [-0.2, -0.15) is 0 Å². The average Bonchev–Trinajstić information content (AvgIpc) is 2.83. The summed E-state index contributed by atoms with van der Waals surface area (Å²) in [5.74, 6) is 1.85. The molecule has 0 amide bonds. The molecule has 1 heteroatoms. The van der Waals surface area contributed by atoms with Gasteiger partial charge in [0.2, 0.25) is 0 Å². The monoisotopic (exact) mass is 167 g/mol. The summed E-state index contributed by atoms with van der Waals surface area (Å²) in [5, 5.41) is 0. The van der Waals surface area contributed by atoms with E-state index in [9.17, 15) is 0 Å². The molecule has 2 unspecified atom stereocenters. The molecule has 1 spiro atoms. The van der Waals surface area contributed by atoms with Gasteiger partial charge in [-0.15, -0.1) is 0 Å². The summed E-state index contributed by atoms with van der Waals surface area (Å²) < 4.78 is 0. The number of hydrogen-bond donors (Lipinski definition) is 1. The van der Waals surface area contributed by atoms with Crippen LogP contribution in [0.3, 0.4) is 0 Å². The lowest BCUT2D eigenvalue weighted by molar-refractivity contribution is 0.178. The van der Waals surface area contributed by atoms with Crippen molar-refractivity contribution in [3.05, 3.63) is 0 Å². The van der Waals surface area contributed by atoms with Crippen molar-refractivity contribution < 1.29 is 0 Å². The normalized spacial score (nSPS) is 38.5. The number of rotatable bonds is 2. The summed E-state index contributed by atoms with van der Waals surface area (Å²) in [5.41, 5.74) is 6.56. The molecule has 2 N–H and O–H groups in total. The van der Waals surface area contributed by atoms with Gasteiger partial charge in [0.05, 0.1) is 0 Å². The van der Waals surface area contributed by atoms with Gasteiger partial charge in [-0.25, -0.2) is 0 Å². The molecule has 2 fully saturated rings. The van der Waals surface area contributed by atoms with Gasteiger partial charge in [0, 0.05) is 0 Å². The highest BCUT2D eigenvalue weighted by Crippen LogP contribution is 2.59. The van der Waals surface area contributed by atoms with Crippen molar-refractivity contribution >= 4 is 0 Å². The van der Waals surface area contributed by atoms with Crippen LogP contribution in [0, 0.1) is 17.3 Å². The fourth-order valence-electron chi connectivity index (χ4n) is 3.02. The van der Waals surface area contributed by atoms with E-state index in [1.54, 1.807) is 0 Å². The first-order valence-corrected chi connectivity index (χ1v) is 5.48. The lowest BCUT2D eigenvalue weighted by Gasteiger charge is -2.34. The molecule has 0 aromatic rings. The smallest absolute Gasteiger partial charge is 0.00486 e. The van der Waals surface area contributed by atoms with Crippen molar-refractivity contribution in [2.45, 2.75) is 45.4 Å². The minimum Gasteiger partial charge on any atom is -0.330 e. The summed E-state index contributed by atoms with van der Waals surface area (Å²) in [6.07, 6.45) is 8.74. The summed E-state index contributed by atoms with van der Waals surface area (Å²) in [4.78, 5) is 0. The van der Waals surface area contributed by atoms with Crippen LogP contribution in [-0.4, -0.2) is 6.54 Å². The molecule has 2 aliphatic rings. The maximum Gasteiger partial charge on any atom is -0.00486 e. The topological polar surface area (TPSA) is 26.0 Å². The van der Waals surface area contributed by atoms with E-state index in [0.29, 0.717) is 0 Å². The standard InChI is InChI=1S/C11H21N/c1-2-9-5-10(8-12)7-11(6-9)3-4-11/h9-10H,2-8,12H2,1H3. The maximum absolute atomic E-state index is 5.77. The molecule has 70 valence electrons. The zero-order chi connectivity index (χ0) is 8.60. The summed E-state index contributed by atoms with van der Waals surface area (Å²) in [7, 11) is 0. The minimum atomic E-state index is 0.795. The predicted molar refractivity (Wildman–Crippen MR) is 51.8 cm³/mol. The maximum atomic E-state index is 5.77. The summed E-state index contributed by atoms with van der Waals surface area (Å²) in [6, 6.07) is 0. The largest absolute Gasteiger partial charge is 0.330 e. The molecule has 0 aromatic carbocycles. The Balaban J connectivity index is 1.96. The molecule has 12 heavy (non-hydrogen) atoms. The second-order valence-corrected chi connectivity index (χ2v) is 5.02. The molecule has 0 bridgehead atoms. The third kappa shape index (κ3) is 1.52. The third-order valence-electron chi connectivity index (χ3n) is 3.98. The Hall–Kier alpha value is -0.0400. The lowest BCUT2D eigenvalue weighted by atomic mass is 9.72. The zero-order valence-electron chi connectivity index (χ0n) is 8.18. The van der Waals surface area contributed by atoms with E-state index in [1.807, 2.05) is 0 Å². The van der Waals surface area contributed by atoms with Crippen molar-refractivity contribution in [1.29, 1.82) is 0 Å². The lowest BCUT2D eigenvalue weighted by Crippen LogP contribution is -2.28. The second kappa shape index (κ2) is 3.02. The molecule has 0 aliphatic heterocycles. The minimum absolute atomic E-state index is 0.795. The van der Waals surface area contributed by atoms with E-state index in [1.165, 1.54) is 38.5 Å². The van der Waals surface area contributed by atoms with Gasteiger partial charge in [0.15, 0.2) is 0 Å². The van der Waals surface area contributed by atoms with Crippen LogP contribution in [0.1, 0.15) is 45.4 Å². The van der Waals surface area contributed by atoms with Gasteiger partial charge in [0.1, 0.15) is 0 Å². The van der Waals surface area contributed by atoms with Crippen LogP contribution >= 0.6 is 0 Å². The fraction of sp³-hybridized carbons (Fsp3) is 1.00. The molecule has 2 saturated carbocycles. The van der Waals surface area contributed by atoms with E-state index in [-0.39, 0.29) is 0 Å². The zero-order valence-corrected chi connectivity index (χ0v) is 8.18. The third-order valence-corrected chi connectivity index (χ3v) is 3.98. The molecule has 2 atom stereocenters. The van der Waals surface area contributed by atoms with Crippen LogP contribution < -0.4 is 5.73 Å². The number of nitrogens with two attached hydrogens (primary N) is 1. The van der Waals surface area contributed by atoms with E-state index < -0.39 is 0 Å². The van der Waals surface area contributed by atoms with Crippen molar-refractivity contribution in [3.8, 4) is 0 Å². The Labute approximate surface area is 75.7 Å². The van der Waals surface area contributed by atoms with Crippen molar-refractivity contribution in [2.24, 2.45) is 23.0 Å². The highest BCUT2D eigenvalue weighted by Gasteiger charge is 2.47. The quantitative estimate of drug-likeness (QED) is 0.672. The Morgan fingerprint density at radius 3 is 2.42 bits per heavy atom.